The van der Waals surface area contributed by atoms with Gasteiger partial charge in [0.05, 0.1) is 30.8 Å². The lowest BCUT2D eigenvalue weighted by atomic mass is 9.88. The number of alkyl halides is 3. The Morgan fingerprint density at radius 1 is 0.605 bits per heavy atom. The molecule has 6 rings (SSSR count). The summed E-state index contributed by atoms with van der Waals surface area (Å²) in [6, 6.07) is 27.8. The number of hydrogen-bond donors (Lipinski definition) is 0. The molecule has 0 amide bonds. The lowest BCUT2D eigenvalue weighted by Gasteiger charge is -2.15. The summed E-state index contributed by atoms with van der Waals surface area (Å²) in [7, 11) is 0. The van der Waals surface area contributed by atoms with Crippen LogP contribution in [0.1, 0.15) is 33.4 Å². The molecule has 2 aliphatic rings. The van der Waals surface area contributed by atoms with Crippen LogP contribution in [0, 0.1) is 42.7 Å². The van der Waals surface area contributed by atoms with Gasteiger partial charge in [-0.05, 0) is 86.8 Å². The largest absolute Gasteiger partial charge is 0.416 e. The number of halogens is 3. The van der Waals surface area contributed by atoms with E-state index in [1.807, 2.05) is 61.5 Å². The van der Waals surface area contributed by atoms with Gasteiger partial charge in [0.15, 0.2) is 0 Å². The maximum atomic E-state index is 13.2. The third-order valence-electron chi connectivity index (χ3n) is 7.71. The fourth-order valence-corrected chi connectivity index (χ4v) is 5.72. The van der Waals surface area contributed by atoms with Gasteiger partial charge in [0.2, 0.25) is 0 Å². The van der Waals surface area contributed by atoms with E-state index in [-0.39, 0.29) is 11.4 Å². The molecule has 4 aromatic rings. The van der Waals surface area contributed by atoms with Gasteiger partial charge in [-0.1, -0.05) is 66.2 Å². The normalized spacial score (nSPS) is 15.3. The average Bonchev–Trinajstić information content (AvgIpc) is 3.51. The molecule has 4 aromatic carbocycles. The van der Waals surface area contributed by atoms with Gasteiger partial charge in [0, 0.05) is 11.1 Å². The van der Waals surface area contributed by atoms with Gasteiger partial charge in [-0.15, -0.1) is 0 Å². The number of rotatable bonds is 2. The molecule has 0 N–H and O–H groups in total. The number of allylic oxidation sites excluding steroid dienone is 6. The molecule has 7 heteroatoms. The summed E-state index contributed by atoms with van der Waals surface area (Å²) < 4.78 is 39.5. The summed E-state index contributed by atoms with van der Waals surface area (Å²) in [5, 5.41) is 20.0. The standard InChI is InChI=1S/C36H17F3N4/c1-20-4-6-21(7-5-20)23-10-14-26-28(16-23)32(30(18-40)42-2)35-27-15-11-24(22-8-12-25(13-9-22)36(37,38)39)17-29(27)33(34(26)35)31(19-41)43-3/h4-17H,1H3/b32-30+,33-31-. The zero-order valence-corrected chi connectivity index (χ0v) is 22.5. The SMILES string of the molecule is [C-]#[N+]/C(C#N)=C1C2=C(/C(=C(\C#N)[N+]#[C-])c3cc(-c4ccc(C)cc4)ccc32)c2ccc(-c3ccc(C(F)(F)F)cc3)cc2\1. The second-order valence-electron chi connectivity index (χ2n) is 10.1. The molecule has 202 valence electrons. The van der Waals surface area contributed by atoms with Crippen LogP contribution in [0.15, 0.2) is 96.3 Å². The topological polar surface area (TPSA) is 56.3 Å². The molecule has 0 aromatic heterocycles. The highest BCUT2D eigenvalue weighted by Crippen LogP contribution is 2.60. The van der Waals surface area contributed by atoms with Crippen molar-refractivity contribution in [1.82, 2.24) is 0 Å². The monoisotopic (exact) mass is 562 g/mol. The molecule has 0 saturated heterocycles. The molecule has 2 aliphatic carbocycles. The first kappa shape index (κ1) is 27.0. The predicted octanol–water partition coefficient (Wildman–Crippen LogP) is 9.59. The second-order valence-corrected chi connectivity index (χ2v) is 10.1. The molecule has 0 aliphatic heterocycles. The molecule has 0 bridgehead atoms. The zero-order valence-electron chi connectivity index (χ0n) is 22.5. The second kappa shape index (κ2) is 10.0. The van der Waals surface area contributed by atoms with E-state index in [0.29, 0.717) is 55.7 Å². The van der Waals surface area contributed by atoms with E-state index in [4.69, 9.17) is 13.1 Å². The van der Waals surface area contributed by atoms with Gasteiger partial charge in [-0.25, -0.2) is 20.2 Å². The Morgan fingerprint density at radius 2 is 1.00 bits per heavy atom. The molecule has 0 heterocycles. The first-order chi connectivity index (χ1) is 20.7. The average molecular weight is 563 g/mol. The van der Waals surface area contributed by atoms with E-state index in [2.05, 4.69) is 9.69 Å². The van der Waals surface area contributed by atoms with Crippen molar-refractivity contribution in [2.75, 3.05) is 0 Å². The highest BCUT2D eigenvalue weighted by molar-refractivity contribution is 6.37. The Hall–Kier alpha value is -6.15. The van der Waals surface area contributed by atoms with E-state index in [1.165, 1.54) is 12.1 Å². The molecule has 0 atom stereocenters. The summed E-state index contributed by atoms with van der Waals surface area (Å²) in [6.07, 6.45) is -4.47. The van der Waals surface area contributed by atoms with Crippen molar-refractivity contribution >= 4 is 22.3 Å². The number of nitrogens with zero attached hydrogens (tertiary/aromatic N) is 4. The molecule has 0 fully saturated rings. The van der Waals surface area contributed by atoms with Crippen LogP contribution >= 0.6 is 0 Å². The first-order valence-corrected chi connectivity index (χ1v) is 13.0. The number of nitriles is 2. The van der Waals surface area contributed by atoms with Crippen LogP contribution in [-0.4, -0.2) is 0 Å². The van der Waals surface area contributed by atoms with Crippen molar-refractivity contribution in [3.63, 3.8) is 0 Å². The minimum atomic E-state index is -4.47. The fraction of sp³-hybridized carbons (Fsp3) is 0.0556. The van der Waals surface area contributed by atoms with Gasteiger partial charge in [0.25, 0.3) is 11.4 Å². The van der Waals surface area contributed by atoms with Crippen LogP contribution in [0.3, 0.4) is 0 Å². The van der Waals surface area contributed by atoms with Crippen molar-refractivity contribution in [3.05, 3.63) is 153 Å². The van der Waals surface area contributed by atoms with Crippen LogP contribution in [0.5, 0.6) is 0 Å². The number of aryl methyl sites for hydroxylation is 1. The zero-order chi connectivity index (χ0) is 30.5. The Morgan fingerprint density at radius 3 is 1.37 bits per heavy atom. The van der Waals surface area contributed by atoms with Crippen LogP contribution in [0.25, 0.3) is 54.2 Å². The molecular weight excluding hydrogens is 545 g/mol. The summed E-state index contributed by atoms with van der Waals surface area (Å²) in [5.41, 5.74) is 7.53. The molecule has 43 heavy (non-hydrogen) atoms. The summed E-state index contributed by atoms with van der Waals surface area (Å²) in [6.45, 7) is 17.6. The molecular formula is C36H17F3N4. The molecule has 0 radical (unpaired) electrons. The van der Waals surface area contributed by atoms with Crippen molar-refractivity contribution in [2.24, 2.45) is 0 Å². The summed E-state index contributed by atoms with van der Waals surface area (Å²) in [5.74, 6) is 0. The quantitative estimate of drug-likeness (QED) is 0.180. The van der Waals surface area contributed by atoms with E-state index >= 15 is 0 Å². The Bertz CT molecular complexity index is 2100. The first-order valence-electron chi connectivity index (χ1n) is 13.0. The van der Waals surface area contributed by atoms with E-state index < -0.39 is 11.7 Å². The third kappa shape index (κ3) is 4.29. The smallest absolute Gasteiger partial charge is 0.226 e. The number of hydrogen-bond acceptors (Lipinski definition) is 2. The van der Waals surface area contributed by atoms with Crippen LogP contribution in [0.2, 0.25) is 0 Å². The van der Waals surface area contributed by atoms with Gasteiger partial charge in [-0.2, -0.15) is 13.2 Å². The van der Waals surface area contributed by atoms with Crippen molar-refractivity contribution in [3.8, 4) is 34.4 Å². The molecule has 4 nitrogen and oxygen atoms in total. The highest BCUT2D eigenvalue weighted by Gasteiger charge is 2.39. The molecule has 0 unspecified atom stereocenters. The highest BCUT2D eigenvalue weighted by atomic mass is 19.4. The Labute approximate surface area is 245 Å². The minimum Gasteiger partial charge on any atom is -0.226 e. The van der Waals surface area contributed by atoms with Gasteiger partial charge in [0.1, 0.15) is 0 Å². The van der Waals surface area contributed by atoms with Gasteiger partial charge in [-0.3, -0.25) is 0 Å². The van der Waals surface area contributed by atoms with Gasteiger partial charge < -0.3 is 0 Å². The maximum absolute atomic E-state index is 13.2. The van der Waals surface area contributed by atoms with Crippen molar-refractivity contribution < 1.29 is 13.2 Å². The molecule has 0 spiro atoms. The number of fused-ring (bicyclic) bond motifs is 4. The maximum Gasteiger partial charge on any atom is 0.416 e. The lowest BCUT2D eigenvalue weighted by molar-refractivity contribution is -0.137. The summed E-state index contributed by atoms with van der Waals surface area (Å²) in [4.78, 5) is 7.05. The van der Waals surface area contributed by atoms with Crippen LogP contribution in [0.4, 0.5) is 13.2 Å². The van der Waals surface area contributed by atoms with E-state index in [9.17, 15) is 23.7 Å². The Kier molecular flexibility index (Phi) is 6.31. The van der Waals surface area contributed by atoms with Crippen molar-refractivity contribution in [1.29, 1.82) is 10.5 Å². The summed E-state index contributed by atoms with van der Waals surface area (Å²) >= 11 is 0. The van der Waals surface area contributed by atoms with Crippen LogP contribution in [-0.2, 0) is 6.18 Å². The van der Waals surface area contributed by atoms with Crippen molar-refractivity contribution in [2.45, 2.75) is 13.1 Å². The van der Waals surface area contributed by atoms with Gasteiger partial charge >= 0.3 is 6.18 Å². The van der Waals surface area contributed by atoms with E-state index in [1.54, 1.807) is 18.2 Å². The Balaban J connectivity index is 1.59. The third-order valence-corrected chi connectivity index (χ3v) is 7.71. The predicted molar refractivity (Wildman–Crippen MR) is 159 cm³/mol. The van der Waals surface area contributed by atoms with E-state index in [0.717, 1.165) is 28.8 Å². The number of benzene rings is 4. The fourth-order valence-electron chi connectivity index (χ4n) is 5.72. The molecule has 0 saturated carbocycles. The minimum absolute atomic E-state index is 0.118. The van der Waals surface area contributed by atoms with Crippen LogP contribution < -0.4 is 0 Å². The lowest BCUT2D eigenvalue weighted by Crippen LogP contribution is -2.04.